The van der Waals surface area contributed by atoms with Gasteiger partial charge < -0.3 is 14.7 Å². The highest BCUT2D eigenvalue weighted by atomic mass is 16.2. The molecule has 0 atom stereocenters. The Morgan fingerprint density at radius 3 is 2.39 bits per heavy atom. The number of rotatable bonds is 5. The minimum atomic E-state index is -0.125. The molecule has 5 heteroatoms. The zero-order valence-corrected chi connectivity index (χ0v) is 19.7. The molecule has 168 valence electrons. The van der Waals surface area contributed by atoms with E-state index in [9.17, 15) is 4.79 Å². The zero-order chi connectivity index (χ0) is 22.5. The Morgan fingerprint density at radius 2 is 1.77 bits per heavy atom. The quantitative estimate of drug-likeness (QED) is 0.708. The Morgan fingerprint density at radius 1 is 1.10 bits per heavy atom. The van der Waals surface area contributed by atoms with Crippen LogP contribution in [-0.2, 0) is 4.79 Å². The second-order valence-electron chi connectivity index (χ2n) is 9.23. The second-order valence-corrected chi connectivity index (χ2v) is 9.23. The Balaban J connectivity index is 1.75. The normalized spacial score (nSPS) is 20.8. The van der Waals surface area contributed by atoms with Crippen molar-refractivity contribution in [2.75, 3.05) is 40.3 Å². The number of aryl methyl sites for hydroxylation is 1. The minimum Gasteiger partial charge on any atom is -0.381 e. The van der Waals surface area contributed by atoms with Gasteiger partial charge in [-0.15, -0.1) is 0 Å². The molecule has 0 radical (unpaired) electrons. The minimum absolute atomic E-state index is 0.125. The van der Waals surface area contributed by atoms with Crippen molar-refractivity contribution in [1.29, 1.82) is 5.41 Å². The van der Waals surface area contributed by atoms with Crippen LogP contribution < -0.4 is 0 Å². The molecule has 0 unspecified atom stereocenters. The summed E-state index contributed by atoms with van der Waals surface area (Å²) in [6.07, 6.45) is 5.00. The third-order valence-corrected chi connectivity index (χ3v) is 6.79. The van der Waals surface area contributed by atoms with Gasteiger partial charge in [0, 0.05) is 57.2 Å². The van der Waals surface area contributed by atoms with E-state index in [1.54, 1.807) is 0 Å². The summed E-state index contributed by atoms with van der Waals surface area (Å²) < 4.78 is 0. The summed E-state index contributed by atoms with van der Waals surface area (Å²) >= 11 is 0. The highest BCUT2D eigenvalue weighted by molar-refractivity contribution is 6.44. The lowest BCUT2D eigenvalue weighted by atomic mass is 9.86. The molecule has 0 aliphatic carbocycles. The Labute approximate surface area is 187 Å². The van der Waals surface area contributed by atoms with Crippen LogP contribution >= 0.6 is 0 Å². The van der Waals surface area contributed by atoms with Gasteiger partial charge in [-0.05, 0) is 63.0 Å². The fourth-order valence-electron chi connectivity index (χ4n) is 4.88. The van der Waals surface area contributed by atoms with Crippen molar-refractivity contribution in [3.63, 3.8) is 0 Å². The van der Waals surface area contributed by atoms with E-state index in [-0.39, 0.29) is 11.6 Å². The molecule has 1 aromatic carbocycles. The molecule has 1 fully saturated rings. The average molecular weight is 423 g/mol. The van der Waals surface area contributed by atoms with Gasteiger partial charge in [-0.2, -0.15) is 0 Å². The molecule has 2 heterocycles. The fraction of sp³-hybridized carbons (Fsp3) is 0.538. The summed E-state index contributed by atoms with van der Waals surface area (Å²) in [4.78, 5) is 19.5. The molecule has 31 heavy (non-hydrogen) atoms. The molecule has 1 amide bonds. The van der Waals surface area contributed by atoms with E-state index in [1.165, 1.54) is 11.1 Å². The number of nitrogens with one attached hydrogen (secondary N) is 1. The summed E-state index contributed by atoms with van der Waals surface area (Å²) in [6, 6.07) is 8.57. The molecular weight excluding hydrogens is 384 g/mol. The van der Waals surface area contributed by atoms with Crippen molar-refractivity contribution in [1.82, 2.24) is 14.7 Å². The molecule has 2 aliphatic rings. The fourth-order valence-corrected chi connectivity index (χ4v) is 4.88. The predicted octanol–water partition coefficient (Wildman–Crippen LogP) is 4.56. The van der Waals surface area contributed by atoms with Crippen molar-refractivity contribution in [2.24, 2.45) is 0 Å². The molecule has 0 aromatic heterocycles. The van der Waals surface area contributed by atoms with Gasteiger partial charge in [0.2, 0.25) is 0 Å². The third kappa shape index (κ3) is 5.38. The highest BCUT2D eigenvalue weighted by Gasteiger charge is 2.30. The maximum Gasteiger partial charge on any atom is 0.272 e. The van der Waals surface area contributed by atoms with Crippen LogP contribution in [0.4, 0.5) is 0 Å². The van der Waals surface area contributed by atoms with Gasteiger partial charge in [0.15, 0.2) is 0 Å². The Kier molecular flexibility index (Phi) is 7.58. The molecular formula is C26H38N4O. The summed E-state index contributed by atoms with van der Waals surface area (Å²) in [6.45, 7) is 11.3. The van der Waals surface area contributed by atoms with Crippen LogP contribution in [0, 0.1) is 12.3 Å². The van der Waals surface area contributed by atoms with E-state index in [0.29, 0.717) is 12.5 Å². The lowest BCUT2D eigenvalue weighted by Gasteiger charge is -2.35. The van der Waals surface area contributed by atoms with E-state index in [2.05, 4.69) is 47.6 Å². The number of nitrogens with zero attached hydrogens (tertiary/aromatic N) is 3. The summed E-state index contributed by atoms with van der Waals surface area (Å²) in [7, 11) is 4.04. The van der Waals surface area contributed by atoms with Crippen LogP contribution in [0.1, 0.15) is 56.1 Å². The van der Waals surface area contributed by atoms with Gasteiger partial charge in [-0.25, -0.2) is 0 Å². The van der Waals surface area contributed by atoms with Gasteiger partial charge >= 0.3 is 0 Å². The number of carbonyl (C=O) groups is 1. The topological polar surface area (TPSA) is 50.6 Å². The standard InChI is InChI=1S/C26H38N4O/c1-19(2)30-15-9-8-12-24(28(4)5)23(18-30)25(27)26(31)29-16-13-21(14-17-29)22-11-7-6-10-20(22)3/h6-7,10-11,21,27H,1,8-9,12-18H2,2-5H3/b24-23-,27-25?. The van der Waals surface area contributed by atoms with Crippen molar-refractivity contribution >= 4 is 11.6 Å². The number of carbonyl (C=O) groups excluding carboxylic acids is 1. The molecule has 1 aromatic rings. The monoisotopic (exact) mass is 422 g/mol. The van der Waals surface area contributed by atoms with E-state index < -0.39 is 0 Å². The number of hydrogen-bond acceptors (Lipinski definition) is 4. The molecule has 5 nitrogen and oxygen atoms in total. The highest BCUT2D eigenvalue weighted by Crippen LogP contribution is 2.31. The van der Waals surface area contributed by atoms with E-state index in [1.807, 2.05) is 25.9 Å². The summed E-state index contributed by atoms with van der Waals surface area (Å²) in [5, 5.41) is 8.87. The van der Waals surface area contributed by atoms with E-state index in [4.69, 9.17) is 5.41 Å². The maximum atomic E-state index is 13.4. The van der Waals surface area contributed by atoms with Gasteiger partial charge in [0.05, 0.1) is 0 Å². The average Bonchev–Trinajstić information content (AvgIpc) is 2.73. The molecule has 1 N–H and O–H groups in total. The summed E-state index contributed by atoms with van der Waals surface area (Å²) in [5.74, 6) is 0.371. The van der Waals surface area contributed by atoms with Crippen LogP contribution in [0.25, 0.3) is 0 Å². The molecule has 0 saturated carbocycles. The Bertz CT molecular complexity index is 862. The van der Waals surface area contributed by atoms with Crippen LogP contribution in [0.15, 0.2) is 47.8 Å². The van der Waals surface area contributed by atoms with Crippen LogP contribution in [-0.4, -0.2) is 66.6 Å². The SMILES string of the molecule is C=C(C)N1CCCC/C(N(C)C)=C(/C(=N)C(=O)N2CCC(c3ccccc3C)CC2)C1. The van der Waals surface area contributed by atoms with E-state index in [0.717, 1.165) is 68.7 Å². The first-order chi connectivity index (χ1) is 14.8. The third-order valence-electron chi connectivity index (χ3n) is 6.79. The number of amides is 1. The van der Waals surface area contributed by atoms with Crippen LogP contribution in [0.2, 0.25) is 0 Å². The molecule has 3 rings (SSSR count). The number of benzene rings is 1. The van der Waals surface area contributed by atoms with Crippen LogP contribution in [0.3, 0.4) is 0 Å². The lowest BCUT2D eigenvalue weighted by Crippen LogP contribution is -2.44. The smallest absolute Gasteiger partial charge is 0.272 e. The van der Waals surface area contributed by atoms with Gasteiger partial charge in [0.1, 0.15) is 5.71 Å². The molecule has 1 saturated heterocycles. The van der Waals surface area contributed by atoms with E-state index >= 15 is 0 Å². The second kappa shape index (κ2) is 10.2. The maximum absolute atomic E-state index is 13.4. The molecule has 0 spiro atoms. The van der Waals surface area contributed by atoms with Gasteiger partial charge in [0.25, 0.3) is 5.91 Å². The summed E-state index contributed by atoms with van der Waals surface area (Å²) in [5.41, 5.74) is 5.86. The van der Waals surface area contributed by atoms with Crippen molar-refractivity contribution in [3.05, 3.63) is 58.9 Å². The molecule has 0 bridgehead atoms. The number of allylic oxidation sites excluding steroid dienone is 2. The Hall–Kier alpha value is -2.56. The predicted molar refractivity (Wildman–Crippen MR) is 128 cm³/mol. The number of likely N-dealkylation sites (tertiary alicyclic amines) is 1. The first kappa shape index (κ1) is 23.1. The molecule has 2 aliphatic heterocycles. The van der Waals surface area contributed by atoms with Crippen molar-refractivity contribution in [2.45, 2.75) is 51.9 Å². The van der Waals surface area contributed by atoms with Gasteiger partial charge in [-0.1, -0.05) is 30.8 Å². The van der Waals surface area contributed by atoms with Gasteiger partial charge in [-0.3, -0.25) is 10.2 Å². The van der Waals surface area contributed by atoms with Crippen LogP contribution in [0.5, 0.6) is 0 Å². The lowest BCUT2D eigenvalue weighted by molar-refractivity contribution is -0.125. The largest absolute Gasteiger partial charge is 0.381 e. The first-order valence-electron chi connectivity index (χ1n) is 11.5. The number of piperidine rings is 1. The zero-order valence-electron chi connectivity index (χ0n) is 19.7. The van der Waals surface area contributed by atoms with Crippen molar-refractivity contribution < 1.29 is 4.79 Å². The van der Waals surface area contributed by atoms with Crippen molar-refractivity contribution in [3.8, 4) is 0 Å². The first-order valence-corrected chi connectivity index (χ1v) is 11.5. The number of hydrogen-bond donors (Lipinski definition) is 1.